The number of hydrogen-bond donors (Lipinski definition) is 1. The van der Waals surface area contributed by atoms with E-state index in [1.54, 1.807) is 25.1 Å². The van der Waals surface area contributed by atoms with Crippen LogP contribution in [0.5, 0.6) is 11.5 Å². The molecular formula is C19H20ClFN2O5S. The van der Waals surface area contributed by atoms with Crippen LogP contribution >= 0.6 is 11.6 Å². The van der Waals surface area contributed by atoms with E-state index in [0.717, 1.165) is 16.6 Å². The van der Waals surface area contributed by atoms with Crippen molar-refractivity contribution in [1.82, 2.24) is 0 Å². The number of nitrogens with zero attached hydrogens (tertiary/aromatic N) is 1. The molecule has 0 spiro atoms. The summed E-state index contributed by atoms with van der Waals surface area (Å²) in [4.78, 5) is 12.9. The third-order valence-electron chi connectivity index (χ3n) is 4.30. The van der Waals surface area contributed by atoms with Gasteiger partial charge >= 0.3 is 0 Å². The van der Waals surface area contributed by atoms with Gasteiger partial charge in [-0.3, -0.25) is 9.10 Å². The molecule has 1 amide bonds. The normalized spacial score (nSPS) is 14.2. The van der Waals surface area contributed by atoms with Gasteiger partial charge in [-0.2, -0.15) is 0 Å². The summed E-state index contributed by atoms with van der Waals surface area (Å²) in [6.45, 7) is 2.52. The number of anilines is 2. The average Bonchev–Trinajstić information content (AvgIpc) is 2.67. The molecule has 0 aromatic heterocycles. The minimum Gasteiger partial charge on any atom is -0.486 e. The molecule has 0 bridgehead atoms. The van der Waals surface area contributed by atoms with Gasteiger partial charge in [0.15, 0.2) is 11.5 Å². The van der Waals surface area contributed by atoms with Crippen LogP contribution in [0.15, 0.2) is 36.4 Å². The third kappa shape index (κ3) is 4.73. The fourth-order valence-corrected chi connectivity index (χ4v) is 4.41. The molecule has 1 aliphatic heterocycles. The number of hydrogen-bond acceptors (Lipinski definition) is 5. The molecule has 10 heteroatoms. The van der Waals surface area contributed by atoms with Crippen molar-refractivity contribution in [2.45, 2.75) is 19.4 Å². The topological polar surface area (TPSA) is 84.9 Å². The molecule has 0 fully saturated rings. The highest BCUT2D eigenvalue weighted by atomic mass is 35.5. The number of carbonyl (C=O) groups excluding carboxylic acids is 1. The van der Waals surface area contributed by atoms with Crippen molar-refractivity contribution in [3.05, 3.63) is 47.2 Å². The lowest BCUT2D eigenvalue weighted by Crippen LogP contribution is -2.47. The van der Waals surface area contributed by atoms with Gasteiger partial charge in [0.05, 0.1) is 17.0 Å². The predicted octanol–water partition coefficient (Wildman–Crippen LogP) is 3.43. The summed E-state index contributed by atoms with van der Waals surface area (Å²) in [7, 11) is -3.86. The van der Waals surface area contributed by atoms with Crippen LogP contribution in [0.3, 0.4) is 0 Å². The van der Waals surface area contributed by atoms with Gasteiger partial charge in [0, 0.05) is 11.8 Å². The zero-order valence-corrected chi connectivity index (χ0v) is 17.4. The van der Waals surface area contributed by atoms with E-state index in [-0.39, 0.29) is 17.1 Å². The SMILES string of the molecule is CC[C@@H](C(=O)Nc1ccc2c(c1)OCCO2)N(c1ccc(F)c(Cl)c1)S(C)(=O)=O. The van der Waals surface area contributed by atoms with E-state index in [1.165, 1.54) is 12.1 Å². The molecule has 1 atom stereocenters. The van der Waals surface area contributed by atoms with Gasteiger partial charge < -0.3 is 14.8 Å². The molecule has 0 saturated heterocycles. The Kier molecular flexibility index (Phi) is 6.18. The molecule has 1 aliphatic rings. The van der Waals surface area contributed by atoms with Crippen LogP contribution < -0.4 is 19.1 Å². The summed E-state index contributed by atoms with van der Waals surface area (Å²) >= 11 is 5.81. The Hall–Kier alpha value is -2.52. The summed E-state index contributed by atoms with van der Waals surface area (Å²) in [5.41, 5.74) is 0.534. The van der Waals surface area contributed by atoms with Gasteiger partial charge in [-0.15, -0.1) is 0 Å². The molecule has 7 nitrogen and oxygen atoms in total. The number of amides is 1. The molecule has 1 heterocycles. The maximum atomic E-state index is 13.5. The van der Waals surface area contributed by atoms with E-state index in [9.17, 15) is 17.6 Å². The smallest absolute Gasteiger partial charge is 0.248 e. The highest BCUT2D eigenvalue weighted by molar-refractivity contribution is 7.92. The molecule has 29 heavy (non-hydrogen) atoms. The van der Waals surface area contributed by atoms with E-state index in [4.69, 9.17) is 21.1 Å². The first kappa shape index (κ1) is 21.2. The molecule has 0 saturated carbocycles. The molecule has 0 unspecified atom stereocenters. The van der Waals surface area contributed by atoms with Crippen molar-refractivity contribution < 1.29 is 27.1 Å². The van der Waals surface area contributed by atoms with E-state index >= 15 is 0 Å². The fraction of sp³-hybridized carbons (Fsp3) is 0.316. The summed E-state index contributed by atoms with van der Waals surface area (Å²) in [5.74, 6) is -0.167. The standard InChI is InChI=1S/C19H20ClFN2O5S/c1-3-16(23(29(2,25)26)13-5-6-15(21)14(20)11-13)19(24)22-12-4-7-17-18(10-12)28-9-8-27-17/h4-7,10-11,16H,3,8-9H2,1-2H3,(H,22,24)/t16-/m0/s1. The van der Waals surface area contributed by atoms with Crippen molar-refractivity contribution in [3.8, 4) is 11.5 Å². The molecular weight excluding hydrogens is 423 g/mol. The molecule has 0 radical (unpaired) electrons. The number of sulfonamides is 1. The van der Waals surface area contributed by atoms with Crippen LogP contribution in [0.4, 0.5) is 15.8 Å². The van der Waals surface area contributed by atoms with Gasteiger partial charge in [-0.05, 0) is 36.8 Å². The number of rotatable bonds is 6. The van der Waals surface area contributed by atoms with Crippen molar-refractivity contribution in [2.75, 3.05) is 29.1 Å². The minimum absolute atomic E-state index is 0.100. The first-order valence-electron chi connectivity index (χ1n) is 8.85. The van der Waals surface area contributed by atoms with Gasteiger partial charge in [-0.25, -0.2) is 12.8 Å². The molecule has 156 valence electrons. The van der Waals surface area contributed by atoms with Crippen molar-refractivity contribution in [2.24, 2.45) is 0 Å². The highest BCUT2D eigenvalue weighted by Crippen LogP contribution is 2.33. The first-order valence-corrected chi connectivity index (χ1v) is 11.1. The Morgan fingerprint density at radius 2 is 1.90 bits per heavy atom. The van der Waals surface area contributed by atoms with Crippen molar-refractivity contribution >= 4 is 38.9 Å². The lowest BCUT2D eigenvalue weighted by Gasteiger charge is -2.30. The average molecular weight is 443 g/mol. The molecule has 2 aromatic carbocycles. The molecule has 1 N–H and O–H groups in total. The van der Waals surface area contributed by atoms with Crippen LogP contribution in [-0.4, -0.2) is 39.8 Å². The largest absolute Gasteiger partial charge is 0.486 e. The van der Waals surface area contributed by atoms with Gasteiger partial charge in [-0.1, -0.05) is 18.5 Å². The second-order valence-corrected chi connectivity index (χ2v) is 8.70. The molecule has 2 aromatic rings. The number of halogens is 2. The van der Waals surface area contributed by atoms with Crippen molar-refractivity contribution in [1.29, 1.82) is 0 Å². The Bertz CT molecular complexity index is 1030. The Morgan fingerprint density at radius 3 is 2.52 bits per heavy atom. The maximum Gasteiger partial charge on any atom is 0.248 e. The maximum absolute atomic E-state index is 13.5. The zero-order chi connectivity index (χ0) is 21.2. The number of fused-ring (bicyclic) bond motifs is 1. The quantitative estimate of drug-likeness (QED) is 0.740. The number of benzene rings is 2. The number of ether oxygens (including phenoxy) is 2. The fourth-order valence-electron chi connectivity index (χ4n) is 3.03. The lowest BCUT2D eigenvalue weighted by atomic mass is 10.1. The van der Waals surface area contributed by atoms with E-state index in [0.29, 0.717) is 30.4 Å². The summed E-state index contributed by atoms with van der Waals surface area (Å²) in [5, 5.41) is 2.47. The van der Waals surface area contributed by atoms with Crippen LogP contribution in [0.1, 0.15) is 13.3 Å². The Balaban J connectivity index is 1.90. The number of nitrogens with one attached hydrogen (secondary N) is 1. The van der Waals surface area contributed by atoms with Crippen LogP contribution in [-0.2, 0) is 14.8 Å². The summed E-state index contributed by atoms with van der Waals surface area (Å²) < 4.78 is 50.3. The van der Waals surface area contributed by atoms with Gasteiger partial charge in [0.25, 0.3) is 0 Å². The molecule has 3 rings (SSSR count). The first-order chi connectivity index (χ1) is 13.7. The minimum atomic E-state index is -3.86. The van der Waals surface area contributed by atoms with E-state index in [1.807, 2.05) is 0 Å². The highest BCUT2D eigenvalue weighted by Gasteiger charge is 2.32. The summed E-state index contributed by atoms with van der Waals surface area (Å²) in [6.07, 6.45) is 1.16. The summed E-state index contributed by atoms with van der Waals surface area (Å²) in [6, 6.07) is 7.34. The van der Waals surface area contributed by atoms with E-state index < -0.39 is 27.8 Å². The lowest BCUT2D eigenvalue weighted by molar-refractivity contribution is -0.117. The monoisotopic (exact) mass is 442 g/mol. The zero-order valence-electron chi connectivity index (χ0n) is 15.8. The Morgan fingerprint density at radius 1 is 1.21 bits per heavy atom. The van der Waals surface area contributed by atoms with Crippen molar-refractivity contribution in [3.63, 3.8) is 0 Å². The van der Waals surface area contributed by atoms with Gasteiger partial charge in [0.1, 0.15) is 25.1 Å². The van der Waals surface area contributed by atoms with Crippen LogP contribution in [0, 0.1) is 5.82 Å². The number of carbonyl (C=O) groups is 1. The molecule has 0 aliphatic carbocycles. The third-order valence-corrected chi connectivity index (χ3v) is 5.77. The van der Waals surface area contributed by atoms with Crippen LogP contribution in [0.25, 0.3) is 0 Å². The van der Waals surface area contributed by atoms with Crippen LogP contribution in [0.2, 0.25) is 5.02 Å². The van der Waals surface area contributed by atoms with E-state index in [2.05, 4.69) is 5.32 Å². The van der Waals surface area contributed by atoms with Gasteiger partial charge in [0.2, 0.25) is 15.9 Å². The second kappa shape index (κ2) is 8.46. The second-order valence-electron chi connectivity index (χ2n) is 6.43. The predicted molar refractivity (Wildman–Crippen MR) is 109 cm³/mol. The Labute approximate surface area is 173 Å².